The van der Waals surface area contributed by atoms with Crippen molar-refractivity contribution in [2.45, 2.75) is 32.1 Å². The molecule has 0 aliphatic carbocycles. The molecule has 1 aliphatic heterocycles. The van der Waals surface area contributed by atoms with Crippen molar-refractivity contribution in [3.8, 4) is 11.5 Å². The number of aromatic nitrogens is 3. The van der Waals surface area contributed by atoms with Crippen molar-refractivity contribution in [3.63, 3.8) is 0 Å². The largest absolute Gasteiger partial charge is 0.338 e. The summed E-state index contributed by atoms with van der Waals surface area (Å²) in [6.45, 7) is 6.45. The Morgan fingerprint density at radius 3 is 3.00 bits per heavy atom. The molecule has 1 fully saturated rings. The lowest BCUT2D eigenvalue weighted by Crippen LogP contribution is -2.40. The Morgan fingerprint density at radius 2 is 2.29 bits per heavy atom. The summed E-state index contributed by atoms with van der Waals surface area (Å²) < 4.78 is 6.41. The fraction of sp³-hybridized carbons (Fsp3) is 0.533. The molecule has 3 heterocycles. The second-order valence-electron chi connectivity index (χ2n) is 6.02. The van der Waals surface area contributed by atoms with Gasteiger partial charge in [-0.05, 0) is 59.9 Å². The van der Waals surface area contributed by atoms with Gasteiger partial charge in [0.2, 0.25) is 11.7 Å². The van der Waals surface area contributed by atoms with Crippen molar-refractivity contribution in [3.05, 3.63) is 28.7 Å². The van der Waals surface area contributed by atoms with Crippen molar-refractivity contribution in [2.24, 2.45) is 5.92 Å². The van der Waals surface area contributed by atoms with E-state index in [4.69, 9.17) is 4.52 Å². The van der Waals surface area contributed by atoms with Gasteiger partial charge in [0, 0.05) is 16.1 Å². The van der Waals surface area contributed by atoms with Crippen LogP contribution in [0.1, 0.15) is 32.6 Å². The van der Waals surface area contributed by atoms with Gasteiger partial charge in [0.25, 0.3) is 0 Å². The highest BCUT2D eigenvalue weighted by molar-refractivity contribution is 9.10. The topological polar surface area (TPSA) is 63.8 Å². The van der Waals surface area contributed by atoms with Crippen molar-refractivity contribution < 1.29 is 4.52 Å². The van der Waals surface area contributed by atoms with Crippen molar-refractivity contribution in [2.75, 3.05) is 13.1 Å². The fourth-order valence-corrected chi connectivity index (χ4v) is 3.21. The number of pyridine rings is 1. The van der Waals surface area contributed by atoms with Crippen molar-refractivity contribution >= 4 is 15.9 Å². The lowest BCUT2D eigenvalue weighted by Gasteiger charge is -2.34. The highest BCUT2D eigenvalue weighted by atomic mass is 79.9. The molecule has 2 aromatic rings. The first-order valence-electron chi connectivity index (χ1n) is 7.25. The number of hydrogen-bond acceptors (Lipinski definition) is 5. The molecule has 0 bridgehead atoms. The Labute approximate surface area is 132 Å². The van der Waals surface area contributed by atoms with E-state index in [1.807, 2.05) is 12.1 Å². The summed E-state index contributed by atoms with van der Waals surface area (Å²) >= 11 is 3.48. The van der Waals surface area contributed by atoms with Gasteiger partial charge in [0.15, 0.2) is 0 Å². The summed E-state index contributed by atoms with van der Waals surface area (Å²) in [6.07, 6.45) is 4.11. The molecule has 1 saturated heterocycles. The summed E-state index contributed by atoms with van der Waals surface area (Å²) in [7, 11) is 0. The van der Waals surface area contributed by atoms with Gasteiger partial charge >= 0.3 is 0 Å². The van der Waals surface area contributed by atoms with Gasteiger partial charge in [-0.3, -0.25) is 4.98 Å². The first-order chi connectivity index (χ1) is 10.1. The molecule has 1 aliphatic rings. The predicted octanol–water partition coefficient (Wildman–Crippen LogP) is 3.17. The Hall–Kier alpha value is -1.27. The van der Waals surface area contributed by atoms with Crippen LogP contribution in [0.2, 0.25) is 0 Å². The van der Waals surface area contributed by atoms with E-state index in [0.29, 0.717) is 23.3 Å². The highest BCUT2D eigenvalue weighted by Crippen LogP contribution is 2.35. The zero-order valence-electron chi connectivity index (χ0n) is 12.3. The molecule has 1 atom stereocenters. The van der Waals surface area contributed by atoms with E-state index >= 15 is 0 Å². The molecular weight excluding hydrogens is 332 g/mol. The third-order valence-electron chi connectivity index (χ3n) is 4.27. The summed E-state index contributed by atoms with van der Waals surface area (Å²) in [6, 6.07) is 3.79. The Bertz CT molecular complexity index is 620. The lowest BCUT2D eigenvalue weighted by atomic mass is 9.75. The molecule has 5 nitrogen and oxygen atoms in total. The lowest BCUT2D eigenvalue weighted by molar-refractivity contribution is 0.196. The standard InChI is InChI=1S/C15H19BrN4O/c1-15(2,10-5-3-7-17-9-10)14-19-13(20-21-14)12-11(16)6-4-8-18-12/h4,6,8,10,17H,3,5,7,9H2,1-2H3. The number of rotatable bonds is 3. The molecule has 2 aromatic heterocycles. The van der Waals surface area contributed by atoms with Gasteiger partial charge in [-0.2, -0.15) is 4.98 Å². The van der Waals surface area contributed by atoms with Gasteiger partial charge in [-0.1, -0.05) is 19.0 Å². The van der Waals surface area contributed by atoms with Gasteiger partial charge in [0.05, 0.1) is 0 Å². The molecule has 0 aromatic carbocycles. The van der Waals surface area contributed by atoms with Crippen LogP contribution in [0.4, 0.5) is 0 Å². The maximum Gasteiger partial charge on any atom is 0.232 e. The van der Waals surface area contributed by atoms with Crippen LogP contribution in [0.15, 0.2) is 27.3 Å². The molecule has 1 unspecified atom stereocenters. The second-order valence-corrected chi connectivity index (χ2v) is 6.88. The molecular formula is C15H19BrN4O. The van der Waals surface area contributed by atoms with Crippen molar-refractivity contribution in [1.82, 2.24) is 20.4 Å². The quantitative estimate of drug-likeness (QED) is 0.920. The predicted molar refractivity (Wildman–Crippen MR) is 83.8 cm³/mol. The normalized spacial score (nSPS) is 19.7. The monoisotopic (exact) mass is 350 g/mol. The van der Waals surface area contributed by atoms with Crippen LogP contribution in [0.25, 0.3) is 11.5 Å². The average Bonchev–Trinajstić information content (AvgIpc) is 2.99. The molecule has 0 radical (unpaired) electrons. The molecule has 0 saturated carbocycles. The Kier molecular flexibility index (Phi) is 4.08. The molecule has 21 heavy (non-hydrogen) atoms. The Balaban J connectivity index is 1.89. The zero-order valence-corrected chi connectivity index (χ0v) is 13.9. The maximum atomic E-state index is 5.54. The van der Waals surface area contributed by atoms with Crippen LogP contribution >= 0.6 is 15.9 Å². The molecule has 0 spiro atoms. The molecule has 0 amide bonds. The fourth-order valence-electron chi connectivity index (χ4n) is 2.77. The third kappa shape index (κ3) is 2.87. The summed E-state index contributed by atoms with van der Waals surface area (Å²) in [5, 5.41) is 7.56. The number of piperidine rings is 1. The SMILES string of the molecule is CC(C)(c1nc(-c2ncccc2Br)no1)C1CCCNC1. The number of hydrogen-bond donors (Lipinski definition) is 1. The van der Waals surface area contributed by atoms with E-state index < -0.39 is 0 Å². The van der Waals surface area contributed by atoms with E-state index in [0.717, 1.165) is 17.6 Å². The van der Waals surface area contributed by atoms with Crippen LogP contribution in [0.5, 0.6) is 0 Å². The summed E-state index contributed by atoms with van der Waals surface area (Å²) in [5.74, 6) is 1.73. The van der Waals surface area contributed by atoms with Crippen LogP contribution in [-0.2, 0) is 5.41 Å². The Morgan fingerprint density at radius 1 is 1.43 bits per heavy atom. The smallest absolute Gasteiger partial charge is 0.232 e. The van der Waals surface area contributed by atoms with Gasteiger partial charge in [-0.25, -0.2) is 0 Å². The third-order valence-corrected chi connectivity index (χ3v) is 4.90. The minimum atomic E-state index is -0.139. The minimum absolute atomic E-state index is 0.139. The first-order valence-corrected chi connectivity index (χ1v) is 8.04. The van der Waals surface area contributed by atoms with Crippen LogP contribution < -0.4 is 5.32 Å². The zero-order chi connectivity index (χ0) is 14.9. The van der Waals surface area contributed by atoms with Crippen LogP contribution in [0.3, 0.4) is 0 Å². The summed E-state index contributed by atoms with van der Waals surface area (Å²) in [4.78, 5) is 8.90. The number of halogens is 1. The maximum absolute atomic E-state index is 5.54. The summed E-state index contributed by atoms with van der Waals surface area (Å²) in [5.41, 5.74) is 0.574. The van der Waals surface area contributed by atoms with E-state index in [-0.39, 0.29) is 5.41 Å². The minimum Gasteiger partial charge on any atom is -0.338 e. The second kappa shape index (κ2) is 5.85. The van der Waals surface area contributed by atoms with E-state index in [1.54, 1.807) is 6.20 Å². The van der Waals surface area contributed by atoms with Crippen molar-refractivity contribution in [1.29, 1.82) is 0 Å². The van der Waals surface area contributed by atoms with E-state index in [9.17, 15) is 0 Å². The first kappa shape index (κ1) is 14.7. The van der Waals surface area contributed by atoms with E-state index in [2.05, 4.69) is 50.2 Å². The number of nitrogens with one attached hydrogen (secondary N) is 1. The highest BCUT2D eigenvalue weighted by Gasteiger charge is 2.37. The average molecular weight is 351 g/mol. The molecule has 6 heteroatoms. The molecule has 1 N–H and O–H groups in total. The molecule has 112 valence electrons. The van der Waals surface area contributed by atoms with Gasteiger partial charge in [-0.15, -0.1) is 0 Å². The van der Waals surface area contributed by atoms with E-state index in [1.165, 1.54) is 12.8 Å². The van der Waals surface area contributed by atoms with Gasteiger partial charge < -0.3 is 9.84 Å². The van der Waals surface area contributed by atoms with Crippen LogP contribution in [-0.4, -0.2) is 28.2 Å². The van der Waals surface area contributed by atoms with Gasteiger partial charge in [0.1, 0.15) is 5.69 Å². The number of nitrogens with zero attached hydrogens (tertiary/aromatic N) is 3. The van der Waals surface area contributed by atoms with Crippen LogP contribution in [0, 0.1) is 5.92 Å². The molecule has 3 rings (SSSR count).